The first-order valence-electron chi connectivity index (χ1n) is 7.78. The van der Waals surface area contributed by atoms with E-state index >= 15 is 0 Å². The molecule has 0 saturated heterocycles. The number of anilines is 1. The standard InChI is InChI=1S/C18H11F3N4OS/c19-18(20,21)11-4-1-3-10(7-11)16-23-12-5-2-6-13(15(12)25-16)24-17(26)14-8-27-9-22-14/h1-9H,(H,23,25)(H,24,26). The van der Waals surface area contributed by atoms with Gasteiger partial charge in [-0.05, 0) is 24.3 Å². The molecular weight excluding hydrogens is 377 g/mol. The van der Waals surface area contributed by atoms with Crippen LogP contribution in [-0.2, 0) is 6.18 Å². The molecule has 0 bridgehead atoms. The Morgan fingerprint density at radius 2 is 1.96 bits per heavy atom. The number of H-pyrrole nitrogens is 1. The van der Waals surface area contributed by atoms with E-state index < -0.39 is 11.7 Å². The van der Waals surface area contributed by atoms with Gasteiger partial charge in [0.2, 0.25) is 0 Å². The molecule has 2 aromatic carbocycles. The van der Waals surface area contributed by atoms with Gasteiger partial charge < -0.3 is 10.3 Å². The number of carbonyl (C=O) groups is 1. The Labute approximate surface area is 154 Å². The van der Waals surface area contributed by atoms with Crippen LogP contribution in [0.3, 0.4) is 0 Å². The van der Waals surface area contributed by atoms with Gasteiger partial charge in [0.15, 0.2) is 0 Å². The summed E-state index contributed by atoms with van der Waals surface area (Å²) in [5.74, 6) is -0.0983. The monoisotopic (exact) mass is 388 g/mol. The molecule has 4 aromatic rings. The number of imidazole rings is 1. The third kappa shape index (κ3) is 3.41. The number of fused-ring (bicyclic) bond motifs is 1. The molecule has 4 rings (SSSR count). The fourth-order valence-electron chi connectivity index (χ4n) is 2.62. The van der Waals surface area contributed by atoms with Gasteiger partial charge in [-0.3, -0.25) is 4.79 Å². The lowest BCUT2D eigenvalue weighted by Crippen LogP contribution is -2.12. The number of halogens is 3. The molecule has 0 aliphatic rings. The van der Waals surface area contributed by atoms with Crippen LogP contribution in [0.15, 0.2) is 53.4 Å². The predicted octanol–water partition coefficient (Wildman–Crippen LogP) is 4.96. The average molecular weight is 388 g/mol. The van der Waals surface area contributed by atoms with Crippen molar-refractivity contribution in [3.63, 3.8) is 0 Å². The van der Waals surface area contributed by atoms with Crippen molar-refractivity contribution in [3.8, 4) is 11.4 Å². The van der Waals surface area contributed by atoms with E-state index in [0.717, 1.165) is 12.1 Å². The minimum atomic E-state index is -4.44. The van der Waals surface area contributed by atoms with E-state index in [0.29, 0.717) is 22.3 Å². The van der Waals surface area contributed by atoms with E-state index in [2.05, 4.69) is 20.3 Å². The van der Waals surface area contributed by atoms with Crippen LogP contribution in [0.5, 0.6) is 0 Å². The van der Waals surface area contributed by atoms with Gasteiger partial charge in [0.1, 0.15) is 17.0 Å². The SMILES string of the molecule is O=C(Nc1cccc2[nH]c(-c3cccc(C(F)(F)F)c3)nc12)c1cscn1. The van der Waals surface area contributed by atoms with E-state index in [1.165, 1.54) is 17.4 Å². The van der Waals surface area contributed by atoms with Crippen molar-refractivity contribution < 1.29 is 18.0 Å². The molecule has 2 aromatic heterocycles. The van der Waals surface area contributed by atoms with Gasteiger partial charge in [-0.1, -0.05) is 18.2 Å². The maximum absolute atomic E-state index is 12.9. The second-order valence-corrected chi connectivity index (χ2v) is 6.41. The lowest BCUT2D eigenvalue weighted by molar-refractivity contribution is -0.137. The summed E-state index contributed by atoms with van der Waals surface area (Å²) in [6.07, 6.45) is -4.44. The van der Waals surface area contributed by atoms with Crippen molar-refractivity contribution in [2.75, 3.05) is 5.32 Å². The minimum absolute atomic E-state index is 0.283. The highest BCUT2D eigenvalue weighted by molar-refractivity contribution is 7.07. The summed E-state index contributed by atoms with van der Waals surface area (Å²) in [5.41, 5.74) is 2.88. The fraction of sp³-hybridized carbons (Fsp3) is 0.0556. The normalized spacial score (nSPS) is 11.7. The number of aromatic amines is 1. The van der Waals surface area contributed by atoms with Crippen LogP contribution < -0.4 is 5.32 Å². The van der Waals surface area contributed by atoms with Crippen molar-refractivity contribution in [1.82, 2.24) is 15.0 Å². The van der Waals surface area contributed by atoms with E-state index in [-0.39, 0.29) is 17.4 Å². The molecule has 0 saturated carbocycles. The predicted molar refractivity (Wildman–Crippen MR) is 96.6 cm³/mol. The molecule has 2 heterocycles. The molecule has 0 radical (unpaired) electrons. The van der Waals surface area contributed by atoms with Gasteiger partial charge >= 0.3 is 6.18 Å². The topological polar surface area (TPSA) is 70.7 Å². The summed E-state index contributed by atoms with van der Waals surface area (Å²) in [5, 5.41) is 4.35. The lowest BCUT2D eigenvalue weighted by Gasteiger charge is -2.07. The number of thiazole rings is 1. The second-order valence-electron chi connectivity index (χ2n) is 5.69. The van der Waals surface area contributed by atoms with Crippen LogP contribution in [0, 0.1) is 0 Å². The summed E-state index contributed by atoms with van der Waals surface area (Å²) in [4.78, 5) is 23.6. The van der Waals surface area contributed by atoms with Gasteiger partial charge in [-0.25, -0.2) is 9.97 Å². The van der Waals surface area contributed by atoms with E-state index in [1.54, 1.807) is 35.2 Å². The molecule has 1 amide bonds. The number of nitrogens with one attached hydrogen (secondary N) is 2. The maximum Gasteiger partial charge on any atom is 0.416 e. The van der Waals surface area contributed by atoms with Crippen molar-refractivity contribution in [2.45, 2.75) is 6.18 Å². The van der Waals surface area contributed by atoms with Gasteiger partial charge in [-0.15, -0.1) is 11.3 Å². The number of rotatable bonds is 3. The number of para-hydroxylation sites is 1. The summed E-state index contributed by atoms with van der Waals surface area (Å²) < 4.78 is 38.8. The van der Waals surface area contributed by atoms with Gasteiger partial charge in [-0.2, -0.15) is 13.2 Å². The molecule has 0 unspecified atom stereocenters. The van der Waals surface area contributed by atoms with Crippen molar-refractivity contribution in [1.29, 1.82) is 0 Å². The summed E-state index contributed by atoms with van der Waals surface area (Å²) in [6.45, 7) is 0. The summed E-state index contributed by atoms with van der Waals surface area (Å²) in [7, 11) is 0. The molecule has 136 valence electrons. The van der Waals surface area contributed by atoms with Crippen molar-refractivity contribution in [3.05, 3.63) is 64.6 Å². The lowest BCUT2D eigenvalue weighted by atomic mass is 10.1. The fourth-order valence-corrected chi connectivity index (χ4v) is 3.16. The number of alkyl halides is 3. The third-order valence-corrected chi connectivity index (χ3v) is 4.48. The highest BCUT2D eigenvalue weighted by Gasteiger charge is 2.30. The number of benzene rings is 2. The Bertz CT molecular complexity index is 1120. The van der Waals surface area contributed by atoms with Crippen molar-refractivity contribution >= 4 is 34.0 Å². The van der Waals surface area contributed by atoms with Gasteiger partial charge in [0.05, 0.1) is 22.3 Å². The quantitative estimate of drug-likeness (QED) is 0.521. The molecule has 2 N–H and O–H groups in total. The number of hydrogen-bond acceptors (Lipinski definition) is 4. The van der Waals surface area contributed by atoms with Crippen LogP contribution in [-0.4, -0.2) is 20.9 Å². The first-order chi connectivity index (χ1) is 12.9. The number of nitrogens with zero attached hydrogens (tertiary/aromatic N) is 2. The van der Waals surface area contributed by atoms with E-state index in [1.807, 2.05) is 0 Å². The molecule has 27 heavy (non-hydrogen) atoms. The number of aromatic nitrogens is 3. The Morgan fingerprint density at radius 1 is 1.15 bits per heavy atom. The summed E-state index contributed by atoms with van der Waals surface area (Å²) >= 11 is 1.30. The number of carbonyl (C=O) groups excluding carboxylic acids is 1. The number of hydrogen-bond donors (Lipinski definition) is 2. The van der Waals surface area contributed by atoms with E-state index in [4.69, 9.17) is 0 Å². The summed E-state index contributed by atoms with van der Waals surface area (Å²) in [6, 6.07) is 10.0. The van der Waals surface area contributed by atoms with Crippen LogP contribution in [0.4, 0.5) is 18.9 Å². The first kappa shape index (κ1) is 17.2. The zero-order chi connectivity index (χ0) is 19.0. The molecule has 5 nitrogen and oxygen atoms in total. The van der Waals surface area contributed by atoms with Crippen molar-refractivity contribution in [2.24, 2.45) is 0 Å². The Balaban J connectivity index is 1.72. The maximum atomic E-state index is 12.9. The molecular formula is C18H11F3N4OS. The smallest absolute Gasteiger partial charge is 0.338 e. The minimum Gasteiger partial charge on any atom is -0.338 e. The second kappa shape index (κ2) is 6.51. The first-order valence-corrected chi connectivity index (χ1v) is 8.72. The average Bonchev–Trinajstić information content (AvgIpc) is 3.31. The Morgan fingerprint density at radius 3 is 2.70 bits per heavy atom. The van der Waals surface area contributed by atoms with Crippen LogP contribution in [0.25, 0.3) is 22.4 Å². The Kier molecular flexibility index (Phi) is 4.15. The zero-order valence-corrected chi connectivity index (χ0v) is 14.4. The Hall–Kier alpha value is -3.20. The van der Waals surface area contributed by atoms with Crippen LogP contribution >= 0.6 is 11.3 Å². The van der Waals surface area contributed by atoms with Gasteiger partial charge in [0, 0.05) is 10.9 Å². The molecule has 0 aliphatic carbocycles. The molecule has 0 atom stereocenters. The van der Waals surface area contributed by atoms with Crippen LogP contribution in [0.1, 0.15) is 16.1 Å². The zero-order valence-electron chi connectivity index (χ0n) is 13.5. The van der Waals surface area contributed by atoms with E-state index in [9.17, 15) is 18.0 Å². The molecule has 9 heteroatoms. The highest BCUT2D eigenvalue weighted by Crippen LogP contribution is 2.32. The number of amides is 1. The van der Waals surface area contributed by atoms with Gasteiger partial charge in [0.25, 0.3) is 5.91 Å². The largest absolute Gasteiger partial charge is 0.416 e. The third-order valence-electron chi connectivity index (χ3n) is 3.89. The molecule has 0 aliphatic heterocycles. The molecule has 0 fully saturated rings. The van der Waals surface area contributed by atoms with Crippen LogP contribution in [0.2, 0.25) is 0 Å². The highest BCUT2D eigenvalue weighted by atomic mass is 32.1. The molecule has 0 spiro atoms.